The average Bonchev–Trinajstić information content (AvgIpc) is 3.32. The number of benzene rings is 2. The van der Waals surface area contributed by atoms with Crippen LogP contribution in [0.2, 0.25) is 0 Å². The van der Waals surface area contributed by atoms with Gasteiger partial charge in [-0.05, 0) is 65.0 Å². The Hall–Kier alpha value is -3.65. The average molecular weight is 474 g/mol. The number of hydrogen-bond donors (Lipinski definition) is 1. The molecule has 0 spiro atoms. The van der Waals surface area contributed by atoms with Gasteiger partial charge in [0.25, 0.3) is 0 Å². The van der Waals surface area contributed by atoms with Crippen molar-refractivity contribution in [3.63, 3.8) is 0 Å². The number of aromatic nitrogens is 4. The lowest BCUT2D eigenvalue weighted by Crippen LogP contribution is -2.03. The lowest BCUT2D eigenvalue weighted by molar-refractivity contribution is 0.336. The molecule has 0 aliphatic rings. The Morgan fingerprint density at radius 2 is 1.76 bits per heavy atom. The van der Waals surface area contributed by atoms with Crippen LogP contribution in [0.3, 0.4) is 0 Å². The number of nitrogens with one attached hydrogen (secondary N) is 1. The molecule has 1 N–H and O–H groups in total. The van der Waals surface area contributed by atoms with Gasteiger partial charge in [-0.3, -0.25) is 0 Å². The maximum absolute atomic E-state index is 5.74. The number of thiazole rings is 1. The molecule has 0 amide bonds. The van der Waals surface area contributed by atoms with E-state index in [0.717, 1.165) is 71.8 Å². The smallest absolute Gasteiger partial charge is 0.162 e. The molecule has 34 heavy (non-hydrogen) atoms. The Morgan fingerprint density at radius 1 is 0.971 bits per heavy atom. The molecule has 5 aromatic rings. The summed E-state index contributed by atoms with van der Waals surface area (Å²) in [6.45, 7) is 10.8. The number of nitrogens with zero attached hydrogens (tertiary/aromatic N) is 4. The molecule has 8 heteroatoms. The van der Waals surface area contributed by atoms with E-state index in [1.54, 1.807) is 18.4 Å². The zero-order valence-electron chi connectivity index (χ0n) is 20.2. The van der Waals surface area contributed by atoms with Crippen molar-refractivity contribution in [2.45, 2.75) is 34.6 Å². The fraction of sp³-hybridized carbons (Fsp3) is 0.269. The topological polar surface area (TPSA) is 74.1 Å². The third-order valence-corrected chi connectivity index (χ3v) is 6.94. The van der Waals surface area contributed by atoms with Gasteiger partial charge in [-0.25, -0.2) is 4.98 Å². The Balaban J connectivity index is 1.66. The van der Waals surface area contributed by atoms with Gasteiger partial charge < -0.3 is 19.4 Å². The second-order valence-electron chi connectivity index (χ2n) is 8.20. The highest BCUT2D eigenvalue weighted by molar-refractivity contribution is 7.18. The second-order valence-corrected chi connectivity index (χ2v) is 9.43. The van der Waals surface area contributed by atoms with Crippen LogP contribution in [0.4, 0.5) is 11.5 Å². The number of methoxy groups -OCH3 is 1. The first-order valence-corrected chi connectivity index (χ1v) is 12.0. The van der Waals surface area contributed by atoms with E-state index >= 15 is 0 Å². The zero-order chi connectivity index (χ0) is 24.0. The van der Waals surface area contributed by atoms with Crippen LogP contribution in [0.5, 0.6) is 11.5 Å². The lowest BCUT2D eigenvalue weighted by Gasteiger charge is -2.15. The molecule has 3 heterocycles. The monoisotopic (exact) mass is 473 g/mol. The molecule has 0 atom stereocenters. The Labute approximate surface area is 202 Å². The molecule has 0 fully saturated rings. The number of fused-ring (bicyclic) bond motifs is 2. The van der Waals surface area contributed by atoms with E-state index in [0.29, 0.717) is 6.61 Å². The molecular weight excluding hydrogens is 446 g/mol. The van der Waals surface area contributed by atoms with Crippen LogP contribution in [0.1, 0.15) is 29.0 Å². The predicted molar refractivity (Wildman–Crippen MR) is 138 cm³/mol. The molecule has 0 saturated carbocycles. The fourth-order valence-electron chi connectivity index (χ4n) is 4.60. The quantitative estimate of drug-likeness (QED) is 0.307. The summed E-state index contributed by atoms with van der Waals surface area (Å²) < 4.78 is 14.8. The van der Waals surface area contributed by atoms with E-state index in [1.807, 2.05) is 51.1 Å². The molecular formula is C26H27N5O2S. The van der Waals surface area contributed by atoms with Crippen molar-refractivity contribution >= 4 is 43.8 Å². The largest absolute Gasteiger partial charge is 0.494 e. The number of rotatable bonds is 6. The molecule has 3 aromatic heterocycles. The van der Waals surface area contributed by atoms with Crippen LogP contribution >= 0.6 is 11.3 Å². The highest BCUT2D eigenvalue weighted by Gasteiger charge is 2.21. The molecule has 0 aliphatic heterocycles. The van der Waals surface area contributed by atoms with Crippen LogP contribution in [0.25, 0.3) is 26.7 Å². The van der Waals surface area contributed by atoms with Gasteiger partial charge >= 0.3 is 0 Å². The maximum atomic E-state index is 5.74. The van der Waals surface area contributed by atoms with Gasteiger partial charge in [0.1, 0.15) is 11.5 Å². The molecule has 0 unspecified atom stereocenters. The van der Waals surface area contributed by atoms with Gasteiger partial charge in [0.2, 0.25) is 0 Å². The first-order valence-electron chi connectivity index (χ1n) is 11.2. The fourth-order valence-corrected chi connectivity index (χ4v) is 5.46. The van der Waals surface area contributed by atoms with Crippen molar-refractivity contribution < 1.29 is 9.47 Å². The summed E-state index contributed by atoms with van der Waals surface area (Å²) in [7, 11) is 1.68. The van der Waals surface area contributed by atoms with Crippen LogP contribution in [0.15, 0.2) is 36.4 Å². The maximum Gasteiger partial charge on any atom is 0.162 e. The van der Waals surface area contributed by atoms with E-state index in [-0.39, 0.29) is 0 Å². The first-order chi connectivity index (χ1) is 16.4. The van der Waals surface area contributed by atoms with Crippen molar-refractivity contribution in [3.05, 3.63) is 58.5 Å². The third kappa shape index (κ3) is 3.64. The SMILES string of the molecule is CCOc1ccc(-n2c(C)c3c(C)nnc(Nc4ccc5nc(C)sc5c4)c3c2C)c(OC)c1. The Morgan fingerprint density at radius 3 is 2.53 bits per heavy atom. The van der Waals surface area contributed by atoms with Crippen LogP contribution in [-0.2, 0) is 0 Å². The van der Waals surface area contributed by atoms with Gasteiger partial charge in [0.05, 0.1) is 40.3 Å². The Bertz CT molecular complexity index is 1540. The summed E-state index contributed by atoms with van der Waals surface area (Å²) in [5.41, 5.74) is 5.94. The van der Waals surface area contributed by atoms with Gasteiger partial charge in [-0.15, -0.1) is 16.4 Å². The van der Waals surface area contributed by atoms with Crippen LogP contribution in [0, 0.1) is 27.7 Å². The van der Waals surface area contributed by atoms with Crippen molar-refractivity contribution in [3.8, 4) is 17.2 Å². The number of hydrogen-bond acceptors (Lipinski definition) is 7. The molecule has 7 nitrogen and oxygen atoms in total. The highest BCUT2D eigenvalue weighted by Crippen LogP contribution is 2.38. The van der Waals surface area contributed by atoms with E-state index in [4.69, 9.17) is 9.47 Å². The minimum Gasteiger partial charge on any atom is -0.494 e. The van der Waals surface area contributed by atoms with Gasteiger partial charge in [-0.1, -0.05) is 0 Å². The van der Waals surface area contributed by atoms with Crippen molar-refractivity contribution in [2.75, 3.05) is 19.0 Å². The van der Waals surface area contributed by atoms with E-state index in [1.165, 1.54) is 0 Å². The molecule has 2 aromatic carbocycles. The molecule has 0 aliphatic carbocycles. The summed E-state index contributed by atoms with van der Waals surface area (Å²) in [5, 5.41) is 15.7. The zero-order valence-corrected chi connectivity index (χ0v) is 21.0. The molecule has 0 radical (unpaired) electrons. The van der Waals surface area contributed by atoms with Crippen LogP contribution in [-0.4, -0.2) is 33.5 Å². The summed E-state index contributed by atoms with van der Waals surface area (Å²) in [4.78, 5) is 4.56. The third-order valence-electron chi connectivity index (χ3n) is 6.00. The van der Waals surface area contributed by atoms with Gasteiger partial charge in [0.15, 0.2) is 5.82 Å². The number of anilines is 2. The first kappa shape index (κ1) is 22.2. The van der Waals surface area contributed by atoms with E-state index in [9.17, 15) is 0 Å². The Kier molecular flexibility index (Phi) is 5.61. The van der Waals surface area contributed by atoms with Gasteiger partial charge in [0, 0.05) is 33.9 Å². The van der Waals surface area contributed by atoms with Gasteiger partial charge in [-0.2, -0.15) is 5.10 Å². The summed E-state index contributed by atoms with van der Waals surface area (Å²) in [6, 6.07) is 12.1. The van der Waals surface area contributed by atoms with Crippen LogP contribution < -0.4 is 14.8 Å². The van der Waals surface area contributed by atoms with Crippen molar-refractivity contribution in [1.82, 2.24) is 19.7 Å². The van der Waals surface area contributed by atoms with E-state index in [2.05, 4.69) is 45.0 Å². The summed E-state index contributed by atoms with van der Waals surface area (Å²) in [5.74, 6) is 2.26. The minimum atomic E-state index is 0.604. The standard InChI is InChI=1S/C26H27N5O2S/c1-7-33-19-9-11-21(22(13-19)32-6)31-15(3)24-14(2)29-30-26(25(24)16(31)4)28-18-8-10-20-23(12-18)34-17(5)27-20/h8-13H,7H2,1-6H3,(H,28,30). The molecule has 5 rings (SSSR count). The summed E-state index contributed by atoms with van der Waals surface area (Å²) in [6.07, 6.45) is 0. The predicted octanol–water partition coefficient (Wildman–Crippen LogP) is 6.41. The molecule has 0 bridgehead atoms. The van der Waals surface area contributed by atoms with Crippen molar-refractivity contribution in [2.24, 2.45) is 0 Å². The molecule has 0 saturated heterocycles. The molecule has 174 valence electrons. The van der Waals surface area contributed by atoms with E-state index < -0.39 is 0 Å². The minimum absolute atomic E-state index is 0.604. The second kappa shape index (κ2) is 8.61. The lowest BCUT2D eigenvalue weighted by atomic mass is 10.1. The summed E-state index contributed by atoms with van der Waals surface area (Å²) >= 11 is 1.68. The van der Waals surface area contributed by atoms with Crippen molar-refractivity contribution in [1.29, 1.82) is 0 Å². The highest BCUT2D eigenvalue weighted by atomic mass is 32.1. The number of ether oxygens (including phenoxy) is 2. The normalized spacial score (nSPS) is 11.4. The number of aryl methyl sites for hydroxylation is 4.